The van der Waals surface area contributed by atoms with Crippen LogP contribution in [0.3, 0.4) is 0 Å². The fourth-order valence-corrected chi connectivity index (χ4v) is 11.2. The van der Waals surface area contributed by atoms with Crippen LogP contribution in [-0.4, -0.2) is 276 Å². The monoisotopic (exact) mass is 1180 g/mol. The first kappa shape index (κ1) is 66.6. The molecule has 2 aliphatic carbocycles. The lowest BCUT2D eigenvalue weighted by Gasteiger charge is -2.48. The highest BCUT2D eigenvalue weighted by Gasteiger charge is 2.52. The van der Waals surface area contributed by atoms with Gasteiger partial charge in [-0.15, -0.1) is 0 Å². The number of ether oxygens (including phenoxy) is 8. The van der Waals surface area contributed by atoms with E-state index in [1.165, 1.54) is 6.07 Å². The molecule has 1 aromatic carbocycles. The first-order valence-electron chi connectivity index (χ1n) is 28.2. The Labute approximate surface area is 475 Å². The molecule has 7 rings (SSSR count). The average Bonchev–Trinajstić information content (AvgIpc) is 3.46. The molecule has 470 valence electrons. The maximum Gasteiger partial charge on any atom is 0.251 e. The van der Waals surface area contributed by atoms with E-state index in [0.29, 0.717) is 25.9 Å². The summed E-state index contributed by atoms with van der Waals surface area (Å²) in [6.07, 6.45) is -21.7. The molecule has 0 radical (unpaired) electrons. The Morgan fingerprint density at radius 3 is 1.15 bits per heavy atom. The van der Waals surface area contributed by atoms with Crippen LogP contribution in [-0.2, 0) is 37.9 Å². The van der Waals surface area contributed by atoms with Crippen molar-refractivity contribution in [2.45, 2.75) is 210 Å². The van der Waals surface area contributed by atoms with E-state index in [0.717, 1.165) is 0 Å². The molecule has 4 saturated heterocycles. The van der Waals surface area contributed by atoms with Gasteiger partial charge in [0.15, 0.2) is 25.2 Å². The first-order chi connectivity index (χ1) is 39.0. The summed E-state index contributed by atoms with van der Waals surface area (Å²) < 4.78 is 47.7. The molecule has 4 aliphatic heterocycles. The Balaban J connectivity index is 0.790. The standard InChI is InChI=1S/C50H92N14O18/c51-15-29-27(65)13-25(57)47(75-29)79-41-21(53)11-23(55)43(39(41)71)81-49-37(69)33(59)35(67)31(77-49)17-61-6-2-8-63-45(73)19-4-1-5-20(10-19)46(74)64-9-3-7-62-18-32-36(68)34(60)38(70)50(78-32)82-44-24(56)12-22(54)42(40(44)72)80-48-26(58)14-28(66)30(16-52)76-48/h1,4-5,10,21-44,47-50,61-62,65-72H,2-3,6-9,11-18,51-60H2,(H,63,73)(H,64,74). The minimum Gasteiger partial charge on any atom is -0.390 e. The van der Waals surface area contributed by atoms with Gasteiger partial charge in [-0.2, -0.15) is 0 Å². The van der Waals surface area contributed by atoms with E-state index >= 15 is 0 Å². The summed E-state index contributed by atoms with van der Waals surface area (Å²) in [5.74, 6) is -0.834. The van der Waals surface area contributed by atoms with Crippen LogP contribution in [0.1, 0.15) is 59.2 Å². The van der Waals surface area contributed by atoms with Crippen molar-refractivity contribution in [1.29, 1.82) is 0 Å². The van der Waals surface area contributed by atoms with E-state index in [1.54, 1.807) is 18.2 Å². The van der Waals surface area contributed by atoms with Gasteiger partial charge in [-0.1, -0.05) is 6.07 Å². The zero-order valence-electron chi connectivity index (χ0n) is 45.8. The number of benzene rings is 1. The van der Waals surface area contributed by atoms with Crippen LogP contribution >= 0.6 is 0 Å². The van der Waals surface area contributed by atoms with Gasteiger partial charge in [-0.25, -0.2) is 0 Å². The Kier molecular flexibility index (Phi) is 24.8. The van der Waals surface area contributed by atoms with Crippen LogP contribution in [0.4, 0.5) is 0 Å². The summed E-state index contributed by atoms with van der Waals surface area (Å²) in [7, 11) is 0. The predicted octanol–water partition coefficient (Wildman–Crippen LogP) is -11.4. The van der Waals surface area contributed by atoms with Gasteiger partial charge in [0.2, 0.25) is 0 Å². The van der Waals surface area contributed by atoms with Gasteiger partial charge >= 0.3 is 0 Å². The molecular weight excluding hydrogens is 1080 g/mol. The van der Waals surface area contributed by atoms with E-state index in [-0.39, 0.29) is 76.1 Å². The second kappa shape index (κ2) is 30.6. The van der Waals surface area contributed by atoms with Crippen LogP contribution in [0.2, 0.25) is 0 Å². The van der Waals surface area contributed by atoms with Crippen molar-refractivity contribution in [1.82, 2.24) is 21.3 Å². The highest BCUT2D eigenvalue weighted by molar-refractivity contribution is 5.99. The lowest BCUT2D eigenvalue weighted by Crippen LogP contribution is -2.68. The third kappa shape index (κ3) is 16.4. The summed E-state index contributed by atoms with van der Waals surface area (Å²) in [5.41, 5.74) is 62.2. The molecule has 28 atom stereocenters. The zero-order chi connectivity index (χ0) is 59.7. The quantitative estimate of drug-likeness (QED) is 0.0427. The summed E-state index contributed by atoms with van der Waals surface area (Å²) in [6.45, 7) is 1.34. The molecule has 32 heteroatoms. The molecule has 32 N–H and O–H groups in total. The molecule has 2 amide bonds. The molecule has 0 bridgehead atoms. The third-order valence-corrected chi connectivity index (χ3v) is 16.2. The second-order valence-electron chi connectivity index (χ2n) is 22.4. The van der Waals surface area contributed by atoms with E-state index in [1.807, 2.05) is 0 Å². The summed E-state index contributed by atoms with van der Waals surface area (Å²) in [6, 6.07) is -0.868. The predicted molar refractivity (Wildman–Crippen MR) is 289 cm³/mol. The van der Waals surface area contributed by atoms with Crippen LogP contribution in [0, 0.1) is 0 Å². The molecule has 0 aromatic heterocycles. The average molecular weight is 1180 g/mol. The molecule has 32 nitrogen and oxygen atoms in total. The van der Waals surface area contributed by atoms with E-state index in [4.69, 9.17) is 95.2 Å². The fraction of sp³-hybridized carbons (Fsp3) is 0.840. The molecule has 4 heterocycles. The normalized spacial score (nSPS) is 43.7. The van der Waals surface area contributed by atoms with E-state index in [9.17, 15) is 50.4 Å². The number of rotatable bonds is 24. The molecule has 28 unspecified atom stereocenters. The van der Waals surface area contributed by atoms with Gasteiger partial charge in [0.05, 0.1) is 60.8 Å². The third-order valence-electron chi connectivity index (χ3n) is 16.2. The molecule has 6 fully saturated rings. The SMILES string of the molecule is NCC1OC(OC2C(N)CC(N)C(OC3OC(CNCCCNC(=O)c4cccc(C(=O)NCCCNCC5OC(OC6C(N)CC(N)C(OC7OC(CN)C(O)CC7N)C6O)C(O)C(N)C5O)c4)C(O)C(N)C3O)C2O)C(N)CC1O. The van der Waals surface area contributed by atoms with Crippen molar-refractivity contribution < 1.29 is 88.3 Å². The van der Waals surface area contributed by atoms with Crippen molar-refractivity contribution in [3.63, 3.8) is 0 Å². The molecular formula is C50H92N14O18. The highest BCUT2D eigenvalue weighted by Crippen LogP contribution is 2.33. The Hall–Kier alpha value is -2.96. The molecule has 2 saturated carbocycles. The summed E-state index contributed by atoms with van der Waals surface area (Å²) in [4.78, 5) is 26.2. The van der Waals surface area contributed by atoms with Crippen molar-refractivity contribution in [3.8, 4) is 0 Å². The van der Waals surface area contributed by atoms with Crippen LogP contribution < -0.4 is 78.6 Å². The maximum absolute atomic E-state index is 13.1. The lowest BCUT2D eigenvalue weighted by molar-refractivity contribution is -0.311. The minimum absolute atomic E-state index is 0.00890. The first-order valence-corrected chi connectivity index (χ1v) is 28.2. The lowest BCUT2D eigenvalue weighted by atomic mass is 9.84. The number of aliphatic hydroxyl groups excluding tert-OH is 8. The number of aliphatic hydroxyl groups is 8. The number of hydrogen-bond acceptors (Lipinski definition) is 30. The van der Waals surface area contributed by atoms with Crippen molar-refractivity contribution in [2.24, 2.45) is 57.3 Å². The van der Waals surface area contributed by atoms with Gasteiger partial charge in [-0.3, -0.25) is 9.59 Å². The number of carbonyl (C=O) groups excluding carboxylic acids is 2. The second-order valence-corrected chi connectivity index (χ2v) is 22.4. The minimum atomic E-state index is -1.51. The van der Waals surface area contributed by atoms with Crippen LogP contribution in [0.5, 0.6) is 0 Å². The number of carbonyl (C=O) groups is 2. The van der Waals surface area contributed by atoms with E-state index < -0.39 is 183 Å². The van der Waals surface area contributed by atoms with Gasteiger partial charge in [0.25, 0.3) is 11.8 Å². The van der Waals surface area contributed by atoms with Crippen molar-refractivity contribution in [3.05, 3.63) is 35.4 Å². The molecule has 6 aliphatic rings. The summed E-state index contributed by atoms with van der Waals surface area (Å²) >= 11 is 0. The maximum atomic E-state index is 13.1. The van der Waals surface area contributed by atoms with Crippen molar-refractivity contribution >= 4 is 11.8 Å². The number of hydrogen-bond donors (Lipinski definition) is 22. The molecule has 1 aromatic rings. The number of amides is 2. The molecule has 82 heavy (non-hydrogen) atoms. The van der Waals surface area contributed by atoms with Gasteiger partial charge in [-0.05, 0) is 69.8 Å². The van der Waals surface area contributed by atoms with Gasteiger partial charge in [0, 0.05) is 74.6 Å². The highest BCUT2D eigenvalue weighted by atomic mass is 16.7. The van der Waals surface area contributed by atoms with Crippen molar-refractivity contribution in [2.75, 3.05) is 52.4 Å². The number of nitrogens with one attached hydrogen (secondary N) is 4. The Bertz CT molecular complexity index is 2010. The Morgan fingerprint density at radius 2 is 0.793 bits per heavy atom. The Morgan fingerprint density at radius 1 is 0.451 bits per heavy atom. The largest absolute Gasteiger partial charge is 0.390 e. The van der Waals surface area contributed by atoms with E-state index in [2.05, 4.69) is 21.3 Å². The van der Waals surface area contributed by atoms with Crippen LogP contribution in [0.25, 0.3) is 0 Å². The van der Waals surface area contributed by atoms with Gasteiger partial charge in [0.1, 0.15) is 61.0 Å². The summed E-state index contributed by atoms with van der Waals surface area (Å²) in [5, 5.41) is 99.0. The molecule has 0 spiro atoms. The smallest absolute Gasteiger partial charge is 0.251 e. The van der Waals surface area contributed by atoms with Crippen LogP contribution in [0.15, 0.2) is 24.3 Å². The zero-order valence-corrected chi connectivity index (χ0v) is 45.8. The topological polar surface area (TPSA) is 578 Å². The fourth-order valence-electron chi connectivity index (χ4n) is 11.2. The van der Waals surface area contributed by atoms with Gasteiger partial charge < -0.3 is 157 Å². The number of nitrogens with two attached hydrogens (primary N) is 10.